The quantitative estimate of drug-likeness (QED) is 0.482. The Kier molecular flexibility index (Phi) is 5.39. The van der Waals surface area contributed by atoms with E-state index in [0.29, 0.717) is 0 Å². The lowest BCUT2D eigenvalue weighted by Gasteiger charge is -2.22. The second kappa shape index (κ2) is 7.27. The van der Waals surface area contributed by atoms with Crippen molar-refractivity contribution in [2.24, 2.45) is 0 Å². The fourth-order valence-corrected chi connectivity index (χ4v) is 2.32. The number of hydrogen-bond acceptors (Lipinski definition) is 4. The second-order valence-corrected chi connectivity index (χ2v) is 5.41. The third kappa shape index (κ3) is 4.33. The van der Waals surface area contributed by atoms with Crippen molar-refractivity contribution in [2.45, 2.75) is 38.2 Å². The van der Waals surface area contributed by atoms with Crippen molar-refractivity contribution in [2.75, 3.05) is 0 Å². The minimum Gasteiger partial charge on any atom is -0.459 e. The summed E-state index contributed by atoms with van der Waals surface area (Å²) in [6, 6.07) is 6.43. The van der Waals surface area contributed by atoms with E-state index in [2.05, 4.69) is 6.58 Å². The summed E-state index contributed by atoms with van der Waals surface area (Å²) >= 11 is 5.48. The van der Waals surface area contributed by atoms with Gasteiger partial charge in [0.1, 0.15) is 22.4 Å². The van der Waals surface area contributed by atoms with Gasteiger partial charge in [-0.05, 0) is 37.8 Å². The molecule has 1 aromatic carbocycles. The first-order valence-corrected chi connectivity index (χ1v) is 7.32. The molecule has 4 nitrogen and oxygen atoms in total. The van der Waals surface area contributed by atoms with Gasteiger partial charge in [0.05, 0.1) is 0 Å². The van der Waals surface area contributed by atoms with Gasteiger partial charge in [-0.3, -0.25) is 0 Å². The summed E-state index contributed by atoms with van der Waals surface area (Å²) in [6.45, 7) is 3.29. The van der Waals surface area contributed by atoms with Crippen molar-refractivity contribution < 1.29 is 19.1 Å². The maximum absolute atomic E-state index is 12.2. The van der Waals surface area contributed by atoms with E-state index in [1.807, 2.05) is 0 Å². The molecule has 1 aliphatic carbocycles. The van der Waals surface area contributed by atoms with Crippen LogP contribution in [0.5, 0.6) is 5.75 Å². The van der Waals surface area contributed by atoms with Crippen LogP contribution in [0.2, 0.25) is 0 Å². The number of halogens is 1. The molecule has 1 fully saturated rings. The van der Waals surface area contributed by atoms with Crippen LogP contribution in [0.3, 0.4) is 0 Å². The van der Waals surface area contributed by atoms with Crippen molar-refractivity contribution in [3.63, 3.8) is 0 Å². The maximum Gasteiger partial charge on any atom is 0.354 e. The Morgan fingerprint density at radius 2 is 1.81 bits per heavy atom. The first-order chi connectivity index (χ1) is 10.1. The summed E-state index contributed by atoms with van der Waals surface area (Å²) in [7, 11) is 0. The van der Waals surface area contributed by atoms with Crippen molar-refractivity contribution >= 4 is 23.5 Å². The average molecular weight is 309 g/mol. The third-order valence-electron chi connectivity index (χ3n) is 3.36. The number of carbonyl (C=O) groups excluding carboxylic acids is 2. The van der Waals surface area contributed by atoms with E-state index in [1.165, 1.54) is 12.5 Å². The Balaban J connectivity index is 2.09. The molecule has 0 radical (unpaired) electrons. The van der Waals surface area contributed by atoms with Gasteiger partial charge in [0.25, 0.3) is 0 Å². The van der Waals surface area contributed by atoms with Gasteiger partial charge in [0.15, 0.2) is 0 Å². The largest absolute Gasteiger partial charge is 0.459 e. The number of hydrogen-bond donors (Lipinski definition) is 0. The highest BCUT2D eigenvalue weighted by Gasteiger charge is 2.22. The minimum absolute atomic E-state index is 0.0574. The van der Waals surface area contributed by atoms with Gasteiger partial charge in [0.2, 0.25) is 0 Å². The summed E-state index contributed by atoms with van der Waals surface area (Å²) in [6.07, 6.45) is 5.03. The predicted octanol–water partition coefficient (Wildman–Crippen LogP) is 3.83. The first kappa shape index (κ1) is 15.6. The van der Waals surface area contributed by atoms with Crippen LogP contribution >= 0.6 is 11.6 Å². The van der Waals surface area contributed by atoms with E-state index in [9.17, 15) is 9.59 Å². The lowest BCUT2D eigenvalue weighted by atomic mass is 9.98. The average Bonchev–Trinajstić information content (AvgIpc) is 2.48. The summed E-state index contributed by atoms with van der Waals surface area (Å²) < 4.78 is 10.5. The standard InChI is InChI=1S/C16H17ClO4/c1-11(17)15(18)21-14-10-6-5-9-13(14)16(19)20-12-7-3-2-4-8-12/h5-6,9-10,12H,1-4,7-8H2. The summed E-state index contributed by atoms with van der Waals surface area (Å²) in [4.78, 5) is 23.7. The smallest absolute Gasteiger partial charge is 0.354 e. The molecule has 0 aromatic heterocycles. The topological polar surface area (TPSA) is 52.6 Å². The van der Waals surface area contributed by atoms with Crippen molar-refractivity contribution in [3.8, 4) is 5.75 Å². The lowest BCUT2D eigenvalue weighted by molar-refractivity contribution is -0.129. The molecule has 0 heterocycles. The molecule has 1 saturated carbocycles. The van der Waals surface area contributed by atoms with Crippen LogP contribution in [0.4, 0.5) is 0 Å². The molecule has 0 aliphatic heterocycles. The Hall–Kier alpha value is -1.81. The molecule has 2 rings (SSSR count). The zero-order chi connectivity index (χ0) is 15.2. The molecule has 1 aliphatic rings. The molecular weight excluding hydrogens is 292 g/mol. The molecule has 112 valence electrons. The number of benzene rings is 1. The van der Waals surface area contributed by atoms with Crippen LogP contribution in [0.1, 0.15) is 42.5 Å². The SMILES string of the molecule is C=C(Cl)C(=O)Oc1ccccc1C(=O)OC1CCCCC1. The summed E-state index contributed by atoms with van der Waals surface area (Å²) in [5, 5.41) is -0.245. The third-order valence-corrected chi connectivity index (χ3v) is 3.51. The number of ether oxygens (including phenoxy) is 2. The molecule has 0 N–H and O–H groups in total. The minimum atomic E-state index is -0.783. The Morgan fingerprint density at radius 1 is 1.14 bits per heavy atom. The first-order valence-electron chi connectivity index (χ1n) is 6.94. The fraction of sp³-hybridized carbons (Fsp3) is 0.375. The molecule has 0 spiro atoms. The summed E-state index contributed by atoms with van der Waals surface area (Å²) in [5.74, 6) is -1.13. The Morgan fingerprint density at radius 3 is 2.48 bits per heavy atom. The van der Waals surface area contributed by atoms with Gasteiger partial charge in [-0.1, -0.05) is 36.7 Å². The highest BCUT2D eigenvalue weighted by Crippen LogP contribution is 2.25. The molecule has 0 bridgehead atoms. The highest BCUT2D eigenvalue weighted by molar-refractivity contribution is 6.41. The van der Waals surface area contributed by atoms with Crippen molar-refractivity contribution in [1.29, 1.82) is 0 Å². The number of para-hydroxylation sites is 1. The molecule has 0 saturated heterocycles. The van der Waals surface area contributed by atoms with Crippen LogP contribution in [0.25, 0.3) is 0 Å². The molecule has 0 amide bonds. The van der Waals surface area contributed by atoms with Gasteiger partial charge in [-0.15, -0.1) is 0 Å². The van der Waals surface area contributed by atoms with Gasteiger partial charge in [0, 0.05) is 0 Å². The number of esters is 2. The summed E-state index contributed by atoms with van der Waals surface area (Å²) in [5.41, 5.74) is 0.217. The van der Waals surface area contributed by atoms with E-state index in [-0.39, 0.29) is 22.4 Å². The Bertz CT molecular complexity index is 547. The predicted molar refractivity (Wildman–Crippen MR) is 79.4 cm³/mol. The van der Waals surface area contributed by atoms with Gasteiger partial charge in [-0.25, -0.2) is 9.59 Å². The number of rotatable bonds is 4. The van der Waals surface area contributed by atoms with Gasteiger partial charge < -0.3 is 9.47 Å². The maximum atomic E-state index is 12.2. The molecule has 0 atom stereocenters. The molecule has 5 heteroatoms. The van der Waals surface area contributed by atoms with Crippen molar-refractivity contribution in [1.82, 2.24) is 0 Å². The molecule has 1 aromatic rings. The van der Waals surface area contributed by atoms with Crippen molar-refractivity contribution in [3.05, 3.63) is 41.4 Å². The molecular formula is C16H17ClO4. The molecule has 0 unspecified atom stereocenters. The van der Waals surface area contributed by atoms with E-state index in [4.69, 9.17) is 21.1 Å². The van der Waals surface area contributed by atoms with E-state index >= 15 is 0 Å². The van der Waals surface area contributed by atoms with E-state index < -0.39 is 11.9 Å². The fourth-order valence-electron chi connectivity index (χ4n) is 2.28. The van der Waals surface area contributed by atoms with Crippen LogP contribution in [0, 0.1) is 0 Å². The monoisotopic (exact) mass is 308 g/mol. The van der Waals surface area contributed by atoms with E-state index in [1.54, 1.807) is 18.2 Å². The van der Waals surface area contributed by atoms with Gasteiger partial charge >= 0.3 is 11.9 Å². The van der Waals surface area contributed by atoms with Crippen LogP contribution in [-0.2, 0) is 9.53 Å². The number of carbonyl (C=O) groups is 2. The van der Waals surface area contributed by atoms with Crippen LogP contribution in [-0.4, -0.2) is 18.0 Å². The van der Waals surface area contributed by atoms with Crippen LogP contribution < -0.4 is 4.74 Å². The Labute approximate surface area is 128 Å². The zero-order valence-corrected chi connectivity index (χ0v) is 12.4. The zero-order valence-electron chi connectivity index (χ0n) is 11.6. The normalized spacial score (nSPS) is 15.3. The van der Waals surface area contributed by atoms with Crippen LogP contribution in [0.15, 0.2) is 35.9 Å². The van der Waals surface area contributed by atoms with Gasteiger partial charge in [-0.2, -0.15) is 0 Å². The lowest BCUT2D eigenvalue weighted by Crippen LogP contribution is -2.21. The second-order valence-electron chi connectivity index (χ2n) is 4.96. The highest BCUT2D eigenvalue weighted by atomic mass is 35.5. The van der Waals surface area contributed by atoms with E-state index in [0.717, 1.165) is 25.7 Å². The molecule has 21 heavy (non-hydrogen) atoms.